The van der Waals surface area contributed by atoms with Crippen LogP contribution in [0.25, 0.3) is 10.1 Å². The smallest absolute Gasteiger partial charge is 0.263 e. The molecule has 0 aliphatic rings. The number of aryl methyl sites for hydroxylation is 1. The summed E-state index contributed by atoms with van der Waals surface area (Å²) < 4.78 is 14.7. The van der Waals surface area contributed by atoms with Crippen LogP contribution in [0.2, 0.25) is 0 Å². The van der Waals surface area contributed by atoms with Gasteiger partial charge in [-0.1, -0.05) is 19.9 Å². The van der Waals surface area contributed by atoms with E-state index in [-0.39, 0.29) is 17.8 Å². The highest BCUT2D eigenvalue weighted by molar-refractivity contribution is 7.21. The van der Waals surface area contributed by atoms with Crippen LogP contribution in [0, 0.1) is 18.7 Å². The molecule has 5 heteroatoms. The Morgan fingerprint density at radius 2 is 2.09 bits per heavy atom. The number of rotatable bonds is 5. The summed E-state index contributed by atoms with van der Waals surface area (Å²) in [5.74, 6) is 0.0625. The molecule has 2 rings (SSSR count). The molecular formula is C17H23FN2OS. The van der Waals surface area contributed by atoms with Crippen LogP contribution in [0.1, 0.15) is 35.5 Å². The molecule has 1 aromatic heterocycles. The maximum atomic E-state index is 13.9. The van der Waals surface area contributed by atoms with Gasteiger partial charge in [0.1, 0.15) is 5.82 Å². The number of hydrogen-bond acceptors (Lipinski definition) is 3. The summed E-state index contributed by atoms with van der Waals surface area (Å²) in [5.41, 5.74) is 6.75. The summed E-state index contributed by atoms with van der Waals surface area (Å²) in [6.45, 7) is 6.56. The van der Waals surface area contributed by atoms with Crippen molar-refractivity contribution in [3.05, 3.63) is 34.5 Å². The lowest BCUT2D eigenvalue weighted by atomic mass is 10.0. The van der Waals surface area contributed by atoms with E-state index in [1.54, 1.807) is 18.0 Å². The van der Waals surface area contributed by atoms with E-state index in [9.17, 15) is 9.18 Å². The predicted octanol–water partition coefficient (Wildman–Crippen LogP) is 3.79. The molecule has 1 unspecified atom stereocenters. The van der Waals surface area contributed by atoms with Gasteiger partial charge in [0, 0.05) is 29.7 Å². The second-order valence-corrected chi connectivity index (χ2v) is 7.14. The van der Waals surface area contributed by atoms with Crippen molar-refractivity contribution >= 4 is 27.3 Å². The normalized spacial score (nSPS) is 12.9. The lowest BCUT2D eigenvalue weighted by molar-refractivity contribution is 0.0793. The van der Waals surface area contributed by atoms with Gasteiger partial charge in [-0.15, -0.1) is 11.3 Å². The van der Waals surface area contributed by atoms with Crippen molar-refractivity contribution < 1.29 is 9.18 Å². The van der Waals surface area contributed by atoms with Crippen molar-refractivity contribution in [1.29, 1.82) is 0 Å². The first-order valence-corrected chi connectivity index (χ1v) is 8.33. The van der Waals surface area contributed by atoms with Gasteiger partial charge < -0.3 is 10.6 Å². The number of halogens is 1. The van der Waals surface area contributed by atoms with Crippen molar-refractivity contribution in [1.82, 2.24) is 4.90 Å². The van der Waals surface area contributed by atoms with Crippen LogP contribution in [-0.4, -0.2) is 30.4 Å². The second kappa shape index (κ2) is 6.75. The van der Waals surface area contributed by atoms with Crippen LogP contribution in [0.15, 0.2) is 18.2 Å². The molecule has 2 N–H and O–H groups in total. The molecule has 1 amide bonds. The Morgan fingerprint density at radius 3 is 2.68 bits per heavy atom. The minimum Gasteiger partial charge on any atom is -0.341 e. The first-order valence-electron chi connectivity index (χ1n) is 7.51. The average Bonchev–Trinajstić information content (AvgIpc) is 2.81. The predicted molar refractivity (Wildman–Crippen MR) is 90.9 cm³/mol. The number of benzene rings is 1. The summed E-state index contributed by atoms with van der Waals surface area (Å²) in [6, 6.07) is 5.03. The highest BCUT2D eigenvalue weighted by Crippen LogP contribution is 2.33. The van der Waals surface area contributed by atoms with Crippen LogP contribution in [-0.2, 0) is 0 Å². The van der Waals surface area contributed by atoms with E-state index in [2.05, 4.69) is 13.8 Å². The fraction of sp³-hybridized carbons (Fsp3) is 0.471. The Labute approximate surface area is 134 Å². The zero-order valence-electron chi connectivity index (χ0n) is 13.5. The number of thiophene rings is 1. The molecule has 0 spiro atoms. The monoisotopic (exact) mass is 322 g/mol. The maximum absolute atomic E-state index is 13.9. The topological polar surface area (TPSA) is 46.3 Å². The standard InChI is InChI=1S/C17H23FN2OS/c1-10(2)13(19)8-9-20(4)17(21)16-11(3)15-12(18)6-5-7-14(15)22-16/h5-7,10,13H,8-9,19H2,1-4H3. The third-order valence-corrected chi connectivity index (χ3v) is 5.34. The second-order valence-electron chi connectivity index (χ2n) is 6.09. The van der Waals surface area contributed by atoms with E-state index in [0.717, 1.165) is 16.7 Å². The molecule has 3 nitrogen and oxygen atoms in total. The molecule has 0 fully saturated rings. The Kier molecular flexibility index (Phi) is 5.19. The highest BCUT2D eigenvalue weighted by atomic mass is 32.1. The van der Waals surface area contributed by atoms with Crippen LogP contribution in [0.5, 0.6) is 0 Å². The van der Waals surface area contributed by atoms with Gasteiger partial charge in [0.2, 0.25) is 0 Å². The molecule has 0 aliphatic carbocycles. The lowest BCUT2D eigenvalue weighted by Crippen LogP contribution is -2.34. The minimum atomic E-state index is -0.269. The van der Waals surface area contributed by atoms with Crippen molar-refractivity contribution in [3.8, 4) is 0 Å². The fourth-order valence-electron chi connectivity index (χ4n) is 2.41. The number of amides is 1. The first kappa shape index (κ1) is 16.9. The van der Waals surface area contributed by atoms with Crippen LogP contribution in [0.4, 0.5) is 4.39 Å². The fourth-order valence-corrected chi connectivity index (χ4v) is 3.63. The van der Waals surface area contributed by atoms with Crippen LogP contribution < -0.4 is 5.73 Å². The molecule has 0 saturated heterocycles. The molecule has 22 heavy (non-hydrogen) atoms. The van der Waals surface area contributed by atoms with Gasteiger partial charge in [-0.25, -0.2) is 4.39 Å². The third kappa shape index (κ3) is 3.31. The number of hydrogen-bond donors (Lipinski definition) is 1. The van der Waals surface area contributed by atoms with E-state index in [4.69, 9.17) is 5.73 Å². The Hall–Kier alpha value is -1.46. The maximum Gasteiger partial charge on any atom is 0.263 e. The number of carbonyl (C=O) groups excluding carboxylic acids is 1. The van der Waals surface area contributed by atoms with E-state index in [1.165, 1.54) is 17.4 Å². The highest BCUT2D eigenvalue weighted by Gasteiger charge is 2.21. The molecule has 1 heterocycles. The van der Waals surface area contributed by atoms with Crippen molar-refractivity contribution in [2.45, 2.75) is 33.2 Å². The number of nitrogens with two attached hydrogens (primary N) is 1. The summed E-state index contributed by atoms with van der Waals surface area (Å²) in [7, 11) is 1.77. The Bertz CT molecular complexity index is 681. The van der Waals surface area contributed by atoms with Gasteiger partial charge in [-0.2, -0.15) is 0 Å². The molecule has 0 aliphatic heterocycles. The number of carbonyl (C=O) groups is 1. The van der Waals surface area contributed by atoms with E-state index in [0.29, 0.717) is 22.7 Å². The quantitative estimate of drug-likeness (QED) is 0.910. The largest absolute Gasteiger partial charge is 0.341 e. The number of nitrogens with zero attached hydrogens (tertiary/aromatic N) is 1. The van der Waals surface area contributed by atoms with Crippen LogP contribution >= 0.6 is 11.3 Å². The zero-order chi connectivity index (χ0) is 16.4. The minimum absolute atomic E-state index is 0.0611. The van der Waals surface area contributed by atoms with Gasteiger partial charge in [0.15, 0.2) is 0 Å². The summed E-state index contributed by atoms with van der Waals surface area (Å²) in [5, 5.41) is 0.558. The summed E-state index contributed by atoms with van der Waals surface area (Å²) in [4.78, 5) is 14.9. The van der Waals surface area contributed by atoms with E-state index >= 15 is 0 Å². The molecule has 1 aromatic carbocycles. The van der Waals surface area contributed by atoms with Gasteiger partial charge in [0.05, 0.1) is 4.88 Å². The molecule has 0 saturated carbocycles. The molecule has 2 aromatic rings. The zero-order valence-corrected chi connectivity index (χ0v) is 14.3. The van der Waals surface area contributed by atoms with Gasteiger partial charge in [-0.05, 0) is 37.0 Å². The van der Waals surface area contributed by atoms with E-state index < -0.39 is 0 Å². The lowest BCUT2D eigenvalue weighted by Gasteiger charge is -2.21. The summed E-state index contributed by atoms with van der Waals surface area (Å²) >= 11 is 1.35. The van der Waals surface area contributed by atoms with Crippen molar-refractivity contribution in [2.75, 3.05) is 13.6 Å². The van der Waals surface area contributed by atoms with Gasteiger partial charge in [-0.3, -0.25) is 4.79 Å². The third-order valence-electron chi connectivity index (χ3n) is 4.10. The Morgan fingerprint density at radius 1 is 1.41 bits per heavy atom. The van der Waals surface area contributed by atoms with Gasteiger partial charge >= 0.3 is 0 Å². The molecule has 1 atom stereocenters. The summed E-state index contributed by atoms with van der Waals surface area (Å²) in [6.07, 6.45) is 0.762. The molecular weight excluding hydrogens is 299 g/mol. The van der Waals surface area contributed by atoms with Crippen molar-refractivity contribution in [2.24, 2.45) is 11.7 Å². The molecule has 0 radical (unpaired) electrons. The van der Waals surface area contributed by atoms with E-state index in [1.807, 2.05) is 13.0 Å². The van der Waals surface area contributed by atoms with Gasteiger partial charge in [0.25, 0.3) is 5.91 Å². The Balaban J connectivity index is 2.19. The van der Waals surface area contributed by atoms with Crippen LogP contribution in [0.3, 0.4) is 0 Å². The van der Waals surface area contributed by atoms with Crippen molar-refractivity contribution in [3.63, 3.8) is 0 Å². The SMILES string of the molecule is Cc1c(C(=O)N(C)CCC(N)C(C)C)sc2cccc(F)c12. The molecule has 120 valence electrons. The number of fused-ring (bicyclic) bond motifs is 1. The first-order chi connectivity index (χ1) is 10.3. The average molecular weight is 322 g/mol. The molecule has 0 bridgehead atoms.